The topological polar surface area (TPSA) is 66.4 Å². The number of hydrazone groups is 1. The smallest absolute Gasteiger partial charge is 0.328 e. The highest BCUT2D eigenvalue weighted by Gasteiger charge is 2.27. The third-order valence-corrected chi connectivity index (χ3v) is 1.87. The molecule has 0 aromatic carbocycles. The van der Waals surface area contributed by atoms with Gasteiger partial charge in [-0.3, -0.25) is 0 Å². The fourth-order valence-electron chi connectivity index (χ4n) is 0.663. The van der Waals surface area contributed by atoms with Gasteiger partial charge in [0.25, 0.3) is 0 Å². The van der Waals surface area contributed by atoms with Gasteiger partial charge >= 0.3 is 12.2 Å². The second-order valence-corrected chi connectivity index (χ2v) is 3.30. The Bertz CT molecular complexity index is 362. The molecular weight excluding hydrogens is 245 g/mol. The summed E-state index contributed by atoms with van der Waals surface area (Å²) >= 11 is 1.33. The Morgan fingerprint density at radius 1 is 1.62 bits per heavy atom. The maximum absolute atomic E-state index is 11.7. The molecule has 5 nitrogen and oxygen atoms in total. The first-order valence-electron chi connectivity index (χ1n) is 3.99. The Balaban J connectivity index is 2.25. The van der Waals surface area contributed by atoms with Crippen molar-refractivity contribution in [1.29, 1.82) is 0 Å². The van der Waals surface area contributed by atoms with Gasteiger partial charge in [0.2, 0.25) is 0 Å². The molecule has 88 valence electrons. The van der Waals surface area contributed by atoms with Crippen LogP contribution in [0.1, 0.15) is 5.69 Å². The number of thiazole rings is 1. The molecule has 9 heteroatoms. The van der Waals surface area contributed by atoms with Crippen LogP contribution in [-0.4, -0.2) is 30.0 Å². The summed E-state index contributed by atoms with van der Waals surface area (Å²) in [6.07, 6.45) is -3.21. The van der Waals surface area contributed by atoms with E-state index in [0.717, 1.165) is 0 Å². The molecule has 0 saturated carbocycles. The van der Waals surface area contributed by atoms with E-state index >= 15 is 0 Å². The highest BCUT2D eigenvalue weighted by Crippen LogP contribution is 2.11. The van der Waals surface area contributed by atoms with Crippen molar-refractivity contribution < 1.29 is 18.0 Å². The van der Waals surface area contributed by atoms with Crippen molar-refractivity contribution in [2.24, 2.45) is 5.10 Å². The Kier molecular flexibility index (Phi) is 4.23. The fourth-order valence-corrected chi connectivity index (χ4v) is 1.17. The van der Waals surface area contributed by atoms with Gasteiger partial charge in [-0.2, -0.15) is 18.3 Å². The third kappa shape index (κ3) is 5.29. The molecule has 0 spiro atoms. The number of carbonyl (C=O) groups excluding carboxylic acids is 1. The monoisotopic (exact) mass is 252 g/mol. The predicted molar refractivity (Wildman–Crippen MR) is 52.3 cm³/mol. The number of urea groups is 1. The SMILES string of the molecule is O=C(NCC(F)(F)F)N/N=C/c1cscn1. The molecule has 1 aromatic rings. The summed E-state index contributed by atoms with van der Waals surface area (Å²) < 4.78 is 35.0. The highest BCUT2D eigenvalue weighted by molar-refractivity contribution is 7.07. The molecule has 0 fully saturated rings. The van der Waals surface area contributed by atoms with Crippen LogP contribution >= 0.6 is 11.3 Å². The Hall–Kier alpha value is -1.64. The van der Waals surface area contributed by atoms with Gasteiger partial charge in [0.1, 0.15) is 6.54 Å². The van der Waals surface area contributed by atoms with Gasteiger partial charge in [0.15, 0.2) is 0 Å². The lowest BCUT2D eigenvalue weighted by Crippen LogP contribution is -2.38. The summed E-state index contributed by atoms with van der Waals surface area (Å²) in [4.78, 5) is 14.6. The molecule has 0 saturated heterocycles. The number of nitrogens with zero attached hydrogens (tertiary/aromatic N) is 2. The summed E-state index contributed by atoms with van der Waals surface area (Å²) in [5.74, 6) is 0. The first-order valence-corrected chi connectivity index (χ1v) is 4.93. The van der Waals surface area contributed by atoms with E-state index in [1.807, 2.05) is 5.43 Å². The van der Waals surface area contributed by atoms with Gasteiger partial charge in [-0.1, -0.05) is 0 Å². The van der Waals surface area contributed by atoms with Gasteiger partial charge in [0.05, 0.1) is 17.4 Å². The van der Waals surface area contributed by atoms with E-state index in [1.165, 1.54) is 17.6 Å². The number of hydrogen-bond acceptors (Lipinski definition) is 4. The molecular formula is C7H7F3N4OS. The summed E-state index contributed by atoms with van der Waals surface area (Å²) in [7, 11) is 0. The number of amides is 2. The van der Waals surface area contributed by atoms with Crippen molar-refractivity contribution in [1.82, 2.24) is 15.7 Å². The quantitative estimate of drug-likeness (QED) is 0.629. The van der Waals surface area contributed by atoms with E-state index in [9.17, 15) is 18.0 Å². The molecule has 0 unspecified atom stereocenters. The molecule has 1 rings (SSSR count). The summed E-state index contributed by atoms with van der Waals surface area (Å²) in [5, 5.41) is 6.67. The molecule has 2 amide bonds. The van der Waals surface area contributed by atoms with Crippen LogP contribution in [0.4, 0.5) is 18.0 Å². The van der Waals surface area contributed by atoms with E-state index in [4.69, 9.17) is 0 Å². The highest BCUT2D eigenvalue weighted by atomic mass is 32.1. The van der Waals surface area contributed by atoms with Crippen molar-refractivity contribution in [3.8, 4) is 0 Å². The second kappa shape index (κ2) is 5.45. The van der Waals surface area contributed by atoms with Gasteiger partial charge in [-0.25, -0.2) is 15.2 Å². The maximum Gasteiger partial charge on any atom is 0.405 e. The van der Waals surface area contributed by atoms with Crippen LogP contribution in [0.5, 0.6) is 0 Å². The summed E-state index contributed by atoms with van der Waals surface area (Å²) in [5.41, 5.74) is 3.95. The summed E-state index contributed by atoms with van der Waals surface area (Å²) in [6.45, 7) is -1.40. The molecule has 2 N–H and O–H groups in total. The van der Waals surface area contributed by atoms with Gasteiger partial charge < -0.3 is 5.32 Å². The molecule has 1 heterocycles. The second-order valence-electron chi connectivity index (χ2n) is 2.58. The zero-order valence-electron chi connectivity index (χ0n) is 7.78. The van der Waals surface area contributed by atoms with Crippen LogP contribution in [0, 0.1) is 0 Å². The Morgan fingerprint density at radius 2 is 2.38 bits per heavy atom. The van der Waals surface area contributed by atoms with Crippen LogP contribution in [0.15, 0.2) is 16.0 Å². The normalized spacial score (nSPS) is 11.7. The predicted octanol–water partition coefficient (Wildman–Crippen LogP) is 1.34. The average molecular weight is 252 g/mol. The van der Waals surface area contributed by atoms with Crippen molar-refractivity contribution in [3.63, 3.8) is 0 Å². The lowest BCUT2D eigenvalue weighted by molar-refractivity contribution is -0.122. The number of nitrogens with one attached hydrogen (secondary N) is 2. The van der Waals surface area contributed by atoms with Crippen molar-refractivity contribution in [2.45, 2.75) is 6.18 Å². The number of aromatic nitrogens is 1. The van der Waals surface area contributed by atoms with E-state index in [0.29, 0.717) is 5.69 Å². The van der Waals surface area contributed by atoms with Crippen LogP contribution in [0.3, 0.4) is 0 Å². The van der Waals surface area contributed by atoms with Crippen molar-refractivity contribution >= 4 is 23.6 Å². The van der Waals surface area contributed by atoms with Crippen molar-refractivity contribution in [2.75, 3.05) is 6.54 Å². The van der Waals surface area contributed by atoms with E-state index < -0.39 is 18.8 Å². The minimum atomic E-state index is -4.43. The molecule has 0 atom stereocenters. The zero-order chi connectivity index (χ0) is 12.0. The fraction of sp³-hybridized carbons (Fsp3) is 0.286. The molecule has 0 aliphatic heterocycles. The Labute approximate surface area is 92.4 Å². The average Bonchev–Trinajstić information content (AvgIpc) is 2.66. The molecule has 0 bridgehead atoms. The maximum atomic E-state index is 11.7. The van der Waals surface area contributed by atoms with Crippen molar-refractivity contribution in [3.05, 3.63) is 16.6 Å². The molecule has 0 aliphatic rings. The van der Waals surface area contributed by atoms with E-state index in [2.05, 4.69) is 10.1 Å². The van der Waals surface area contributed by atoms with Crippen LogP contribution < -0.4 is 10.7 Å². The van der Waals surface area contributed by atoms with Gasteiger partial charge in [-0.05, 0) is 0 Å². The van der Waals surface area contributed by atoms with Gasteiger partial charge in [-0.15, -0.1) is 11.3 Å². The largest absolute Gasteiger partial charge is 0.405 e. The summed E-state index contributed by atoms with van der Waals surface area (Å²) in [6, 6.07) is -1.02. The standard InChI is InChI=1S/C7H7F3N4OS/c8-7(9,10)3-11-6(15)14-13-1-5-2-16-4-12-5/h1-2,4H,3H2,(H2,11,14,15)/b13-1+. The van der Waals surface area contributed by atoms with Crippen LogP contribution in [0.25, 0.3) is 0 Å². The van der Waals surface area contributed by atoms with Crippen LogP contribution in [-0.2, 0) is 0 Å². The first-order chi connectivity index (χ1) is 7.47. The molecule has 16 heavy (non-hydrogen) atoms. The van der Waals surface area contributed by atoms with Gasteiger partial charge in [0, 0.05) is 5.38 Å². The van der Waals surface area contributed by atoms with E-state index in [1.54, 1.807) is 16.2 Å². The molecule has 1 aromatic heterocycles. The third-order valence-electron chi connectivity index (χ3n) is 1.26. The number of carbonyl (C=O) groups is 1. The lowest BCUT2D eigenvalue weighted by Gasteiger charge is -2.06. The zero-order valence-corrected chi connectivity index (χ0v) is 8.60. The van der Waals surface area contributed by atoms with Crippen LogP contribution in [0.2, 0.25) is 0 Å². The lowest BCUT2D eigenvalue weighted by atomic mass is 10.6. The number of hydrogen-bond donors (Lipinski definition) is 2. The number of halogens is 3. The minimum absolute atomic E-state index is 0.515. The number of rotatable bonds is 3. The first kappa shape index (κ1) is 12.4. The minimum Gasteiger partial charge on any atom is -0.328 e. The molecule has 0 aliphatic carbocycles. The molecule has 0 radical (unpaired) electrons. The number of alkyl halides is 3. The Morgan fingerprint density at radius 3 is 2.94 bits per heavy atom. The van der Waals surface area contributed by atoms with E-state index in [-0.39, 0.29) is 0 Å².